The monoisotopic (exact) mass is 370 g/mol. The van der Waals surface area contributed by atoms with Crippen LogP contribution in [0, 0.1) is 0 Å². The van der Waals surface area contributed by atoms with Crippen molar-refractivity contribution in [2.45, 2.75) is 34.7 Å². The van der Waals surface area contributed by atoms with Crippen LogP contribution in [0.2, 0.25) is 0 Å². The number of hydrogen-bond donors (Lipinski definition) is 0. The lowest BCUT2D eigenvalue weighted by atomic mass is 10.2. The second kappa shape index (κ2) is 8.76. The minimum absolute atomic E-state index is 0.141. The predicted octanol–water partition coefficient (Wildman–Crippen LogP) is 5.67. The zero-order valence-corrected chi connectivity index (χ0v) is 16.3. The van der Waals surface area contributed by atoms with Crippen molar-refractivity contribution >= 4 is 52.2 Å². The summed E-state index contributed by atoms with van der Waals surface area (Å²) in [7, 11) is 0. The molecule has 1 aliphatic rings. The third kappa shape index (κ3) is 5.29. The lowest BCUT2D eigenvalue weighted by Crippen LogP contribution is -2.19. The van der Waals surface area contributed by atoms with Crippen molar-refractivity contribution in [3.8, 4) is 0 Å². The molecule has 0 aliphatic carbocycles. The fourth-order valence-corrected chi connectivity index (χ4v) is 8.92. The van der Waals surface area contributed by atoms with Gasteiger partial charge in [0.15, 0.2) is 0 Å². The van der Waals surface area contributed by atoms with E-state index in [2.05, 4.69) is 43.8 Å². The molecule has 0 aromatic heterocycles. The third-order valence-corrected chi connectivity index (χ3v) is 10.4. The Hall–Kier alpha value is 0.0300. The lowest BCUT2D eigenvalue weighted by Gasteiger charge is -2.25. The van der Waals surface area contributed by atoms with Gasteiger partial charge in [-0.25, -0.2) is 0 Å². The van der Waals surface area contributed by atoms with Gasteiger partial charge in [0.2, 0.25) is 5.12 Å². The Balaban J connectivity index is 1.83. The smallest absolute Gasteiger partial charge is 0.215 e. The highest BCUT2D eigenvalue weighted by molar-refractivity contribution is 8.32. The predicted molar refractivity (Wildman–Crippen MR) is 107 cm³/mol. The minimum Gasteiger partial charge on any atom is -0.282 e. The van der Waals surface area contributed by atoms with Crippen LogP contribution in [0.4, 0.5) is 0 Å². The van der Waals surface area contributed by atoms with E-state index in [9.17, 15) is 4.79 Å². The summed E-state index contributed by atoms with van der Waals surface area (Å²) < 4.78 is 0.624. The normalized spacial score (nSPS) is 24.4. The standard InChI is InChI=1S/C17H22OS4/c1-4-17(12-19-10-14-8-6-5-7-9-14)20-11-15(22-17)21-16(18)13(2)3/h5-9,15H,2,4,10-12H2,1,3H3. The van der Waals surface area contributed by atoms with Gasteiger partial charge in [-0.1, -0.05) is 55.6 Å². The first kappa shape index (κ1) is 18.4. The van der Waals surface area contributed by atoms with Crippen LogP contribution in [0.25, 0.3) is 0 Å². The SMILES string of the molecule is C=C(C)C(=O)SC1CSC(CC)(CSCc2ccccc2)S1. The van der Waals surface area contributed by atoms with E-state index >= 15 is 0 Å². The van der Waals surface area contributed by atoms with E-state index in [4.69, 9.17) is 0 Å². The quantitative estimate of drug-likeness (QED) is 0.574. The van der Waals surface area contributed by atoms with Crippen molar-refractivity contribution < 1.29 is 4.79 Å². The van der Waals surface area contributed by atoms with Gasteiger partial charge in [0.05, 0.1) is 8.66 Å². The van der Waals surface area contributed by atoms with Crippen molar-refractivity contribution in [2.24, 2.45) is 0 Å². The molecule has 1 heterocycles. The van der Waals surface area contributed by atoms with E-state index in [0.717, 1.165) is 23.7 Å². The molecule has 1 fully saturated rings. The van der Waals surface area contributed by atoms with Crippen LogP contribution in [0.3, 0.4) is 0 Å². The van der Waals surface area contributed by atoms with Crippen LogP contribution in [0.1, 0.15) is 25.8 Å². The van der Waals surface area contributed by atoms with Crippen LogP contribution in [0.15, 0.2) is 42.5 Å². The van der Waals surface area contributed by atoms with Crippen molar-refractivity contribution in [2.75, 3.05) is 11.5 Å². The third-order valence-electron chi connectivity index (χ3n) is 3.39. The lowest BCUT2D eigenvalue weighted by molar-refractivity contribution is -0.107. The van der Waals surface area contributed by atoms with Crippen molar-refractivity contribution in [1.82, 2.24) is 0 Å². The van der Waals surface area contributed by atoms with E-state index in [0.29, 0.717) is 10.2 Å². The molecule has 5 heteroatoms. The molecule has 120 valence electrons. The van der Waals surface area contributed by atoms with Crippen LogP contribution in [-0.2, 0) is 10.5 Å². The summed E-state index contributed by atoms with van der Waals surface area (Å²) in [6, 6.07) is 10.6. The van der Waals surface area contributed by atoms with Gasteiger partial charge in [0.1, 0.15) is 0 Å². The minimum atomic E-state index is 0.141. The summed E-state index contributed by atoms with van der Waals surface area (Å²) in [5.74, 6) is 3.24. The molecule has 0 radical (unpaired) electrons. The van der Waals surface area contributed by atoms with Gasteiger partial charge in [0.25, 0.3) is 0 Å². The van der Waals surface area contributed by atoms with E-state index in [1.165, 1.54) is 17.3 Å². The first-order chi connectivity index (χ1) is 10.5. The zero-order chi connectivity index (χ0) is 16.0. The highest BCUT2D eigenvalue weighted by Crippen LogP contribution is 2.55. The van der Waals surface area contributed by atoms with E-state index < -0.39 is 0 Å². The van der Waals surface area contributed by atoms with Crippen LogP contribution in [0.5, 0.6) is 0 Å². The van der Waals surface area contributed by atoms with Gasteiger partial charge in [-0.2, -0.15) is 11.8 Å². The second-order valence-electron chi connectivity index (χ2n) is 5.29. The molecule has 1 aromatic carbocycles. The van der Waals surface area contributed by atoms with E-state index in [1.54, 1.807) is 6.92 Å². The van der Waals surface area contributed by atoms with Crippen molar-refractivity contribution in [3.63, 3.8) is 0 Å². The number of hydrogen-bond acceptors (Lipinski definition) is 5. The number of rotatable bonds is 7. The summed E-state index contributed by atoms with van der Waals surface area (Å²) in [5, 5.41) is 0.141. The van der Waals surface area contributed by atoms with Gasteiger partial charge in [-0.3, -0.25) is 4.79 Å². The topological polar surface area (TPSA) is 17.1 Å². The molecule has 0 saturated carbocycles. The first-order valence-electron chi connectivity index (χ1n) is 7.34. The molecule has 1 nitrogen and oxygen atoms in total. The van der Waals surface area contributed by atoms with Crippen LogP contribution < -0.4 is 0 Å². The highest BCUT2D eigenvalue weighted by atomic mass is 32.2. The fourth-order valence-electron chi connectivity index (χ4n) is 2.07. The Morgan fingerprint density at radius 1 is 1.41 bits per heavy atom. The molecule has 22 heavy (non-hydrogen) atoms. The van der Waals surface area contributed by atoms with Gasteiger partial charge >= 0.3 is 0 Å². The summed E-state index contributed by atoms with van der Waals surface area (Å²) in [4.78, 5) is 11.8. The summed E-state index contributed by atoms with van der Waals surface area (Å²) in [5.41, 5.74) is 2.04. The molecule has 0 bridgehead atoms. The van der Waals surface area contributed by atoms with Crippen LogP contribution >= 0.6 is 47.0 Å². The molecule has 2 rings (SSSR count). The van der Waals surface area contributed by atoms with Gasteiger partial charge in [-0.15, -0.1) is 23.5 Å². The maximum atomic E-state index is 11.8. The fraction of sp³-hybridized carbons (Fsp3) is 0.471. The molecule has 2 atom stereocenters. The number of carbonyl (C=O) groups is 1. The Bertz CT molecular complexity index is 517. The average Bonchev–Trinajstić information content (AvgIpc) is 2.92. The molecule has 0 N–H and O–H groups in total. The van der Waals surface area contributed by atoms with Crippen LogP contribution in [-0.4, -0.2) is 25.3 Å². The molecule has 1 aliphatic heterocycles. The Labute approximate surface area is 150 Å². The van der Waals surface area contributed by atoms with Crippen molar-refractivity contribution in [1.29, 1.82) is 0 Å². The Morgan fingerprint density at radius 3 is 2.77 bits per heavy atom. The van der Waals surface area contributed by atoms with E-state index in [-0.39, 0.29) is 9.19 Å². The molecular formula is C17H22OS4. The summed E-state index contributed by atoms with van der Waals surface area (Å²) in [6.07, 6.45) is 1.14. The second-order valence-corrected chi connectivity index (χ2v) is 11.0. The number of benzene rings is 1. The molecule has 0 amide bonds. The summed E-state index contributed by atoms with van der Waals surface area (Å²) >= 11 is 7.47. The largest absolute Gasteiger partial charge is 0.282 e. The Kier molecular flexibility index (Phi) is 7.32. The number of thioether (sulfide) groups is 4. The Morgan fingerprint density at radius 2 is 2.14 bits per heavy atom. The van der Waals surface area contributed by atoms with Gasteiger partial charge in [-0.05, 0) is 24.5 Å². The van der Waals surface area contributed by atoms with Gasteiger partial charge < -0.3 is 0 Å². The molecule has 1 aromatic rings. The molecule has 1 saturated heterocycles. The summed E-state index contributed by atoms with van der Waals surface area (Å²) in [6.45, 7) is 7.80. The van der Waals surface area contributed by atoms with E-state index in [1.807, 2.05) is 35.3 Å². The zero-order valence-electron chi connectivity index (χ0n) is 13.0. The van der Waals surface area contributed by atoms with Gasteiger partial charge in [0, 0.05) is 17.3 Å². The number of carbonyl (C=O) groups excluding carboxylic acids is 1. The first-order valence-corrected chi connectivity index (χ1v) is 11.2. The molecule has 0 spiro atoms. The maximum Gasteiger partial charge on any atom is 0.215 e. The molecule has 2 unspecified atom stereocenters. The average molecular weight is 371 g/mol. The van der Waals surface area contributed by atoms with Crippen molar-refractivity contribution in [3.05, 3.63) is 48.0 Å². The molecular weight excluding hydrogens is 348 g/mol. The highest BCUT2D eigenvalue weighted by Gasteiger charge is 2.40. The maximum absolute atomic E-state index is 11.8.